The number of benzene rings is 2. The first-order chi connectivity index (χ1) is 10.1. The van der Waals surface area contributed by atoms with Crippen LogP contribution in [-0.4, -0.2) is 19.1 Å². The Kier molecular flexibility index (Phi) is 5.36. The Hall–Kier alpha value is -1.85. The molecule has 1 atom stereocenters. The van der Waals surface area contributed by atoms with Crippen molar-refractivity contribution in [1.82, 2.24) is 0 Å². The van der Waals surface area contributed by atoms with E-state index in [0.29, 0.717) is 17.9 Å². The van der Waals surface area contributed by atoms with E-state index in [4.69, 9.17) is 10.5 Å². The molecular formula is C16H17BrN2O2. The Morgan fingerprint density at radius 3 is 2.67 bits per heavy atom. The van der Waals surface area contributed by atoms with E-state index in [1.165, 1.54) is 0 Å². The normalized spacial score (nSPS) is 11.8. The Morgan fingerprint density at radius 1 is 1.29 bits per heavy atom. The number of methoxy groups -OCH3 is 1. The van der Waals surface area contributed by atoms with Crippen LogP contribution in [0.25, 0.3) is 0 Å². The van der Waals surface area contributed by atoms with Gasteiger partial charge in [-0.1, -0.05) is 46.3 Å². The molecule has 0 saturated heterocycles. The lowest BCUT2D eigenvalue weighted by Crippen LogP contribution is -2.37. The van der Waals surface area contributed by atoms with Crippen LogP contribution in [0.1, 0.15) is 5.56 Å². The fourth-order valence-electron chi connectivity index (χ4n) is 1.96. The van der Waals surface area contributed by atoms with Crippen molar-refractivity contribution in [2.24, 2.45) is 5.73 Å². The maximum Gasteiger partial charge on any atom is 0.241 e. The van der Waals surface area contributed by atoms with Gasteiger partial charge in [-0.3, -0.25) is 4.79 Å². The predicted molar refractivity (Wildman–Crippen MR) is 87.4 cm³/mol. The van der Waals surface area contributed by atoms with Crippen LogP contribution in [0.4, 0.5) is 5.69 Å². The van der Waals surface area contributed by atoms with Gasteiger partial charge in [-0.15, -0.1) is 0 Å². The molecule has 0 aliphatic carbocycles. The van der Waals surface area contributed by atoms with Crippen molar-refractivity contribution in [3.8, 4) is 5.75 Å². The van der Waals surface area contributed by atoms with E-state index < -0.39 is 6.04 Å². The van der Waals surface area contributed by atoms with Gasteiger partial charge in [-0.2, -0.15) is 0 Å². The predicted octanol–water partition coefficient (Wildman–Crippen LogP) is 2.97. The van der Waals surface area contributed by atoms with Crippen LogP contribution in [0, 0.1) is 0 Å². The first-order valence-corrected chi connectivity index (χ1v) is 7.33. The molecule has 0 heterocycles. The Balaban J connectivity index is 2.05. The second kappa shape index (κ2) is 7.24. The van der Waals surface area contributed by atoms with Crippen LogP contribution in [-0.2, 0) is 11.2 Å². The molecule has 4 nitrogen and oxygen atoms in total. The van der Waals surface area contributed by atoms with Crippen molar-refractivity contribution in [2.75, 3.05) is 12.4 Å². The van der Waals surface area contributed by atoms with Gasteiger partial charge in [0.05, 0.1) is 18.8 Å². The second-order valence-electron chi connectivity index (χ2n) is 4.63. The highest BCUT2D eigenvalue weighted by Crippen LogP contribution is 2.28. The lowest BCUT2D eigenvalue weighted by Gasteiger charge is -2.14. The van der Waals surface area contributed by atoms with Crippen LogP contribution in [0.3, 0.4) is 0 Å². The number of anilines is 1. The fourth-order valence-corrected chi connectivity index (χ4v) is 2.33. The van der Waals surface area contributed by atoms with Crippen LogP contribution in [0.2, 0.25) is 0 Å². The Morgan fingerprint density at radius 2 is 2.00 bits per heavy atom. The highest BCUT2D eigenvalue weighted by atomic mass is 79.9. The van der Waals surface area contributed by atoms with Crippen molar-refractivity contribution >= 4 is 27.5 Å². The summed E-state index contributed by atoms with van der Waals surface area (Å²) in [5.41, 5.74) is 7.59. The van der Waals surface area contributed by atoms with Crippen molar-refractivity contribution in [3.05, 3.63) is 58.6 Å². The fraction of sp³-hybridized carbons (Fsp3) is 0.188. The van der Waals surface area contributed by atoms with Gasteiger partial charge in [0.15, 0.2) is 0 Å². The lowest BCUT2D eigenvalue weighted by atomic mass is 10.1. The first-order valence-electron chi connectivity index (χ1n) is 6.54. The van der Waals surface area contributed by atoms with Gasteiger partial charge >= 0.3 is 0 Å². The maximum absolute atomic E-state index is 12.2. The van der Waals surface area contributed by atoms with Gasteiger partial charge in [-0.05, 0) is 30.2 Å². The molecule has 21 heavy (non-hydrogen) atoms. The number of hydrogen-bond acceptors (Lipinski definition) is 3. The summed E-state index contributed by atoms with van der Waals surface area (Å²) in [6.45, 7) is 0. The molecule has 3 N–H and O–H groups in total. The topological polar surface area (TPSA) is 64.3 Å². The molecule has 2 rings (SSSR count). The molecule has 1 amide bonds. The van der Waals surface area contributed by atoms with Crippen molar-refractivity contribution in [2.45, 2.75) is 12.5 Å². The highest BCUT2D eigenvalue weighted by molar-refractivity contribution is 9.10. The SMILES string of the molecule is COc1ccc(Br)cc1NC(=O)[C@H](N)Cc1ccccc1. The van der Waals surface area contributed by atoms with Crippen LogP contribution in [0.15, 0.2) is 53.0 Å². The number of amides is 1. The molecule has 2 aromatic rings. The number of hydrogen-bond donors (Lipinski definition) is 2. The molecule has 0 unspecified atom stereocenters. The molecule has 0 saturated carbocycles. The largest absolute Gasteiger partial charge is 0.495 e. The zero-order chi connectivity index (χ0) is 15.2. The molecule has 0 aliphatic rings. The summed E-state index contributed by atoms with van der Waals surface area (Å²) in [4.78, 5) is 12.2. The molecule has 0 aliphatic heterocycles. The number of rotatable bonds is 5. The van der Waals surface area contributed by atoms with Crippen molar-refractivity contribution in [3.63, 3.8) is 0 Å². The smallest absolute Gasteiger partial charge is 0.241 e. The summed E-state index contributed by atoms with van der Waals surface area (Å²) in [5, 5.41) is 2.80. The Bertz CT molecular complexity index is 617. The van der Waals surface area contributed by atoms with Gasteiger partial charge in [0.25, 0.3) is 0 Å². The van der Waals surface area contributed by atoms with E-state index in [2.05, 4.69) is 21.2 Å². The quantitative estimate of drug-likeness (QED) is 0.872. The number of ether oxygens (including phenoxy) is 1. The third-order valence-corrected chi connectivity index (χ3v) is 3.55. The molecule has 110 valence electrons. The monoisotopic (exact) mass is 348 g/mol. The molecule has 0 bridgehead atoms. The molecule has 0 spiro atoms. The van der Waals surface area contributed by atoms with E-state index in [1.54, 1.807) is 19.2 Å². The summed E-state index contributed by atoms with van der Waals surface area (Å²) in [7, 11) is 1.56. The summed E-state index contributed by atoms with van der Waals surface area (Å²) in [6, 6.07) is 14.5. The van der Waals surface area contributed by atoms with E-state index >= 15 is 0 Å². The van der Waals surface area contributed by atoms with Crippen LogP contribution in [0.5, 0.6) is 5.75 Å². The van der Waals surface area contributed by atoms with Gasteiger partial charge in [0.2, 0.25) is 5.91 Å². The lowest BCUT2D eigenvalue weighted by molar-refractivity contribution is -0.117. The molecule has 0 fully saturated rings. The van der Waals surface area contributed by atoms with Crippen molar-refractivity contribution < 1.29 is 9.53 Å². The van der Waals surface area contributed by atoms with Gasteiger partial charge in [0, 0.05) is 4.47 Å². The average molecular weight is 349 g/mol. The maximum atomic E-state index is 12.2. The van der Waals surface area contributed by atoms with E-state index in [-0.39, 0.29) is 5.91 Å². The molecular weight excluding hydrogens is 332 g/mol. The van der Waals surface area contributed by atoms with Gasteiger partial charge < -0.3 is 15.8 Å². The zero-order valence-corrected chi connectivity index (χ0v) is 13.3. The molecule has 5 heteroatoms. The highest BCUT2D eigenvalue weighted by Gasteiger charge is 2.16. The van der Waals surface area contributed by atoms with Crippen LogP contribution >= 0.6 is 15.9 Å². The summed E-state index contributed by atoms with van der Waals surface area (Å²) >= 11 is 3.37. The summed E-state index contributed by atoms with van der Waals surface area (Å²) in [5.74, 6) is 0.355. The number of carbonyl (C=O) groups excluding carboxylic acids is 1. The number of nitrogens with two attached hydrogens (primary N) is 1. The van der Waals surface area contributed by atoms with E-state index in [0.717, 1.165) is 10.0 Å². The van der Waals surface area contributed by atoms with Gasteiger partial charge in [-0.25, -0.2) is 0 Å². The number of halogens is 1. The summed E-state index contributed by atoms with van der Waals surface area (Å²) < 4.78 is 6.08. The number of nitrogens with one attached hydrogen (secondary N) is 1. The molecule has 2 aromatic carbocycles. The number of carbonyl (C=O) groups is 1. The van der Waals surface area contributed by atoms with Crippen molar-refractivity contribution in [1.29, 1.82) is 0 Å². The minimum Gasteiger partial charge on any atom is -0.495 e. The minimum absolute atomic E-state index is 0.241. The second-order valence-corrected chi connectivity index (χ2v) is 5.55. The van der Waals surface area contributed by atoms with E-state index in [1.807, 2.05) is 36.4 Å². The first kappa shape index (κ1) is 15.5. The third-order valence-electron chi connectivity index (χ3n) is 3.05. The molecule has 0 radical (unpaired) electrons. The molecule has 0 aromatic heterocycles. The zero-order valence-electron chi connectivity index (χ0n) is 11.7. The average Bonchev–Trinajstić information content (AvgIpc) is 2.48. The van der Waals surface area contributed by atoms with Gasteiger partial charge in [0.1, 0.15) is 5.75 Å². The van der Waals surface area contributed by atoms with E-state index in [9.17, 15) is 4.79 Å². The summed E-state index contributed by atoms with van der Waals surface area (Å²) in [6.07, 6.45) is 0.489. The standard InChI is InChI=1S/C16H17BrN2O2/c1-21-15-8-7-12(17)10-14(15)19-16(20)13(18)9-11-5-3-2-4-6-11/h2-8,10,13H,9,18H2,1H3,(H,19,20)/t13-/m1/s1. The third kappa shape index (κ3) is 4.31. The van der Waals surface area contributed by atoms with Crippen LogP contribution < -0.4 is 15.8 Å². The minimum atomic E-state index is -0.615. The Labute approximate surface area is 132 Å².